The van der Waals surface area contributed by atoms with E-state index in [-0.39, 0.29) is 0 Å². The zero-order valence-electron chi connectivity index (χ0n) is 11.2. The van der Waals surface area contributed by atoms with Crippen LogP contribution in [0.1, 0.15) is 11.1 Å². The Kier molecular flexibility index (Phi) is 3.46. The van der Waals surface area contributed by atoms with Crippen LogP contribution in [-0.4, -0.2) is 24.1 Å². The Morgan fingerprint density at radius 2 is 1.94 bits per heavy atom. The second-order valence-corrected chi connectivity index (χ2v) is 4.32. The number of hydrogen-bond donors (Lipinski definition) is 1. The highest BCUT2D eigenvalue weighted by Gasteiger charge is 2.11. The predicted molar refractivity (Wildman–Crippen MR) is 75.6 cm³/mol. The summed E-state index contributed by atoms with van der Waals surface area (Å²) in [7, 11) is 3.88. The van der Waals surface area contributed by atoms with Crippen molar-refractivity contribution in [3.63, 3.8) is 0 Å². The van der Waals surface area contributed by atoms with Crippen molar-refractivity contribution in [1.82, 2.24) is 9.97 Å². The minimum atomic E-state index is 0.861. The van der Waals surface area contributed by atoms with Gasteiger partial charge in [-0.15, -0.1) is 0 Å². The molecular weight excluding hydrogens is 224 g/mol. The third kappa shape index (κ3) is 2.27. The van der Waals surface area contributed by atoms with Crippen molar-refractivity contribution in [1.29, 1.82) is 0 Å². The van der Waals surface area contributed by atoms with Crippen molar-refractivity contribution in [3.8, 4) is 0 Å². The number of rotatable bonds is 3. The van der Waals surface area contributed by atoms with Crippen LogP contribution in [0.2, 0.25) is 0 Å². The van der Waals surface area contributed by atoms with Crippen LogP contribution in [0, 0.1) is 13.8 Å². The molecule has 0 aliphatic rings. The molecule has 1 aromatic carbocycles. The Bertz CT molecular complexity index is 551. The summed E-state index contributed by atoms with van der Waals surface area (Å²) in [5.74, 6) is 1.78. The summed E-state index contributed by atoms with van der Waals surface area (Å²) in [5.41, 5.74) is 3.41. The molecule has 0 aliphatic carbocycles. The lowest BCUT2D eigenvalue weighted by molar-refractivity contribution is 1.05. The molecule has 1 heterocycles. The highest BCUT2D eigenvalue weighted by atomic mass is 15.2. The summed E-state index contributed by atoms with van der Waals surface area (Å²) in [5, 5.41) is 3.08. The minimum absolute atomic E-state index is 0.861. The van der Waals surface area contributed by atoms with Crippen molar-refractivity contribution >= 4 is 17.3 Å². The number of nitrogens with zero attached hydrogens (tertiary/aromatic N) is 3. The van der Waals surface area contributed by atoms with Crippen LogP contribution in [-0.2, 0) is 0 Å². The molecule has 0 aliphatic heterocycles. The topological polar surface area (TPSA) is 41.1 Å². The van der Waals surface area contributed by atoms with E-state index in [4.69, 9.17) is 0 Å². The summed E-state index contributed by atoms with van der Waals surface area (Å²) in [6, 6.07) is 8.36. The Morgan fingerprint density at radius 1 is 1.17 bits per heavy atom. The van der Waals surface area contributed by atoms with Crippen molar-refractivity contribution in [2.75, 3.05) is 24.3 Å². The Balaban J connectivity index is 2.43. The van der Waals surface area contributed by atoms with E-state index in [0.29, 0.717) is 0 Å². The van der Waals surface area contributed by atoms with Gasteiger partial charge in [0.2, 0.25) is 0 Å². The molecule has 0 fully saturated rings. The average molecular weight is 242 g/mol. The monoisotopic (exact) mass is 242 g/mol. The molecule has 2 aromatic rings. The Morgan fingerprint density at radius 3 is 2.61 bits per heavy atom. The molecule has 0 unspecified atom stereocenters. The zero-order valence-corrected chi connectivity index (χ0v) is 11.2. The number of anilines is 3. The zero-order chi connectivity index (χ0) is 13.1. The quantitative estimate of drug-likeness (QED) is 0.898. The largest absolute Gasteiger partial charge is 0.373 e. The highest BCUT2D eigenvalue weighted by Crippen LogP contribution is 2.27. The molecule has 0 saturated carbocycles. The smallest absolute Gasteiger partial charge is 0.141 e. The molecule has 1 aromatic heterocycles. The van der Waals surface area contributed by atoms with Crippen molar-refractivity contribution in [2.45, 2.75) is 13.8 Å². The number of hydrogen-bond acceptors (Lipinski definition) is 4. The fraction of sp³-hybridized carbons (Fsp3) is 0.286. The number of benzene rings is 1. The van der Waals surface area contributed by atoms with Gasteiger partial charge in [0.25, 0.3) is 0 Å². The van der Waals surface area contributed by atoms with Crippen molar-refractivity contribution < 1.29 is 0 Å². The third-order valence-corrected chi connectivity index (χ3v) is 3.00. The number of nitrogens with one attached hydrogen (secondary N) is 1. The lowest BCUT2D eigenvalue weighted by Crippen LogP contribution is -2.14. The molecule has 0 bridgehead atoms. The molecular formula is C14H18N4. The van der Waals surface area contributed by atoms with E-state index in [1.54, 1.807) is 6.33 Å². The molecule has 0 atom stereocenters. The molecule has 4 nitrogen and oxygen atoms in total. The van der Waals surface area contributed by atoms with Gasteiger partial charge in [-0.2, -0.15) is 0 Å². The first-order chi connectivity index (χ1) is 8.63. The molecule has 1 N–H and O–H groups in total. The van der Waals surface area contributed by atoms with Crippen molar-refractivity contribution in [2.24, 2.45) is 0 Å². The van der Waals surface area contributed by atoms with Gasteiger partial charge in [0.1, 0.15) is 18.0 Å². The van der Waals surface area contributed by atoms with Gasteiger partial charge in [-0.3, -0.25) is 0 Å². The van der Waals surface area contributed by atoms with Gasteiger partial charge in [-0.25, -0.2) is 9.97 Å². The maximum Gasteiger partial charge on any atom is 0.141 e. The van der Waals surface area contributed by atoms with E-state index in [9.17, 15) is 0 Å². The average Bonchev–Trinajstić information content (AvgIpc) is 2.38. The van der Waals surface area contributed by atoms with E-state index in [0.717, 1.165) is 22.9 Å². The van der Waals surface area contributed by atoms with E-state index >= 15 is 0 Å². The van der Waals surface area contributed by atoms with E-state index in [2.05, 4.69) is 51.4 Å². The van der Waals surface area contributed by atoms with Gasteiger partial charge in [-0.05, 0) is 31.5 Å². The van der Waals surface area contributed by atoms with Crippen LogP contribution in [0.4, 0.5) is 17.3 Å². The van der Waals surface area contributed by atoms with Gasteiger partial charge >= 0.3 is 0 Å². The lowest BCUT2D eigenvalue weighted by atomic mass is 10.2. The van der Waals surface area contributed by atoms with E-state index in [1.807, 2.05) is 21.0 Å². The van der Waals surface area contributed by atoms with Gasteiger partial charge in [0.05, 0.1) is 0 Å². The first kappa shape index (κ1) is 12.4. The van der Waals surface area contributed by atoms with Crippen LogP contribution >= 0.6 is 0 Å². The molecule has 18 heavy (non-hydrogen) atoms. The molecule has 2 rings (SSSR count). The minimum Gasteiger partial charge on any atom is -0.373 e. The van der Waals surface area contributed by atoms with Crippen LogP contribution in [0.25, 0.3) is 0 Å². The summed E-state index contributed by atoms with van der Waals surface area (Å²) in [6.07, 6.45) is 1.58. The third-order valence-electron chi connectivity index (χ3n) is 3.00. The first-order valence-electron chi connectivity index (χ1n) is 5.93. The molecule has 0 amide bonds. The van der Waals surface area contributed by atoms with E-state index in [1.165, 1.54) is 5.56 Å². The summed E-state index contributed by atoms with van der Waals surface area (Å²) < 4.78 is 0. The second kappa shape index (κ2) is 5.04. The van der Waals surface area contributed by atoms with Crippen LogP contribution in [0.15, 0.2) is 30.6 Å². The summed E-state index contributed by atoms with van der Waals surface area (Å²) in [6.45, 7) is 4.11. The fourth-order valence-electron chi connectivity index (χ4n) is 1.99. The standard InChI is InChI=1S/C14H18N4/c1-10-6-5-7-12(8-10)18(4)14-11(2)13(15-3)16-9-17-14/h5-9H,1-4H3,(H,15,16,17). The normalized spacial score (nSPS) is 10.2. The molecule has 0 spiro atoms. The summed E-state index contributed by atoms with van der Waals surface area (Å²) >= 11 is 0. The lowest BCUT2D eigenvalue weighted by Gasteiger charge is -2.21. The number of aryl methyl sites for hydroxylation is 1. The SMILES string of the molecule is CNc1ncnc(N(C)c2cccc(C)c2)c1C. The van der Waals surface area contributed by atoms with E-state index < -0.39 is 0 Å². The van der Waals surface area contributed by atoms with Crippen molar-refractivity contribution in [3.05, 3.63) is 41.7 Å². The van der Waals surface area contributed by atoms with Gasteiger partial charge in [0, 0.05) is 25.3 Å². The molecule has 94 valence electrons. The maximum atomic E-state index is 4.37. The van der Waals surface area contributed by atoms with Crippen LogP contribution < -0.4 is 10.2 Å². The van der Waals surface area contributed by atoms with Gasteiger partial charge in [-0.1, -0.05) is 12.1 Å². The van der Waals surface area contributed by atoms with Crippen LogP contribution in [0.3, 0.4) is 0 Å². The molecule has 0 saturated heterocycles. The van der Waals surface area contributed by atoms with Gasteiger partial charge in [0.15, 0.2) is 0 Å². The first-order valence-corrected chi connectivity index (χ1v) is 5.93. The van der Waals surface area contributed by atoms with Crippen LogP contribution in [0.5, 0.6) is 0 Å². The number of aromatic nitrogens is 2. The van der Waals surface area contributed by atoms with Gasteiger partial charge < -0.3 is 10.2 Å². The maximum absolute atomic E-state index is 4.37. The molecule has 4 heteroatoms. The Labute approximate surface area is 108 Å². The highest BCUT2D eigenvalue weighted by molar-refractivity contribution is 5.66. The predicted octanol–water partition coefficient (Wildman–Crippen LogP) is 2.90. The fourth-order valence-corrected chi connectivity index (χ4v) is 1.99. The second-order valence-electron chi connectivity index (χ2n) is 4.32. The Hall–Kier alpha value is -2.10. The molecule has 0 radical (unpaired) electrons. The summed E-state index contributed by atoms with van der Waals surface area (Å²) in [4.78, 5) is 10.6.